The van der Waals surface area contributed by atoms with Crippen molar-refractivity contribution in [1.82, 2.24) is 5.43 Å². The van der Waals surface area contributed by atoms with Crippen molar-refractivity contribution in [3.8, 4) is 0 Å². The number of rotatable bonds is 3. The van der Waals surface area contributed by atoms with E-state index in [9.17, 15) is 13.2 Å². The van der Waals surface area contributed by atoms with Gasteiger partial charge in [0.05, 0.1) is 6.04 Å². The predicted octanol–water partition coefficient (Wildman–Crippen LogP) is 3.03. The first-order valence-corrected chi connectivity index (χ1v) is 6.07. The Bertz CT molecular complexity index is 545. The van der Waals surface area contributed by atoms with Crippen LogP contribution in [0.1, 0.15) is 22.0 Å². The van der Waals surface area contributed by atoms with E-state index in [-0.39, 0.29) is 5.56 Å². The molecular formula is C12H11F3N2S. The SMILES string of the molecule is Cc1sccc1C(NN)c1c(F)cc(F)cc1F. The number of aryl methyl sites for hydroxylation is 1. The van der Waals surface area contributed by atoms with Crippen molar-refractivity contribution in [2.45, 2.75) is 13.0 Å². The molecule has 0 aliphatic rings. The Morgan fingerprint density at radius 2 is 1.83 bits per heavy atom. The highest BCUT2D eigenvalue weighted by Gasteiger charge is 2.23. The van der Waals surface area contributed by atoms with Gasteiger partial charge >= 0.3 is 0 Å². The number of hydrogen-bond acceptors (Lipinski definition) is 3. The summed E-state index contributed by atoms with van der Waals surface area (Å²) in [5.74, 6) is 2.50. The van der Waals surface area contributed by atoms with Crippen LogP contribution >= 0.6 is 11.3 Å². The second kappa shape index (κ2) is 5.09. The zero-order valence-corrected chi connectivity index (χ0v) is 10.3. The summed E-state index contributed by atoms with van der Waals surface area (Å²) in [6, 6.07) is 2.18. The quantitative estimate of drug-likeness (QED) is 0.666. The van der Waals surface area contributed by atoms with Crippen LogP contribution in [-0.2, 0) is 0 Å². The van der Waals surface area contributed by atoms with Gasteiger partial charge in [0.2, 0.25) is 0 Å². The van der Waals surface area contributed by atoms with Crippen LogP contribution in [-0.4, -0.2) is 0 Å². The van der Waals surface area contributed by atoms with Gasteiger partial charge in [0.1, 0.15) is 17.5 Å². The summed E-state index contributed by atoms with van der Waals surface area (Å²) in [5, 5.41) is 1.80. The lowest BCUT2D eigenvalue weighted by Gasteiger charge is -2.18. The van der Waals surface area contributed by atoms with Gasteiger partial charge in [-0.15, -0.1) is 11.3 Å². The molecule has 2 rings (SSSR count). The molecule has 0 fully saturated rings. The number of hydrazine groups is 1. The molecule has 0 saturated carbocycles. The lowest BCUT2D eigenvalue weighted by atomic mass is 9.99. The van der Waals surface area contributed by atoms with E-state index < -0.39 is 23.5 Å². The summed E-state index contributed by atoms with van der Waals surface area (Å²) in [6.45, 7) is 1.82. The van der Waals surface area contributed by atoms with Crippen molar-refractivity contribution in [3.05, 3.63) is 57.0 Å². The first-order chi connectivity index (χ1) is 8.54. The molecule has 0 saturated heterocycles. The van der Waals surface area contributed by atoms with E-state index in [1.807, 2.05) is 6.92 Å². The Morgan fingerprint density at radius 1 is 1.22 bits per heavy atom. The highest BCUT2D eigenvalue weighted by Crippen LogP contribution is 2.31. The molecule has 0 spiro atoms. The molecule has 3 N–H and O–H groups in total. The Morgan fingerprint density at radius 3 is 2.28 bits per heavy atom. The summed E-state index contributed by atoms with van der Waals surface area (Å²) < 4.78 is 40.3. The number of hydrogen-bond donors (Lipinski definition) is 2. The second-order valence-corrected chi connectivity index (χ2v) is 4.94. The van der Waals surface area contributed by atoms with Crippen molar-refractivity contribution >= 4 is 11.3 Å². The van der Waals surface area contributed by atoms with E-state index in [1.54, 1.807) is 11.4 Å². The summed E-state index contributed by atoms with van der Waals surface area (Å²) in [7, 11) is 0. The minimum atomic E-state index is -0.957. The molecular weight excluding hydrogens is 261 g/mol. The van der Waals surface area contributed by atoms with E-state index in [0.717, 1.165) is 4.88 Å². The second-order valence-electron chi connectivity index (χ2n) is 3.81. The molecule has 1 unspecified atom stereocenters. The molecule has 0 radical (unpaired) electrons. The number of halogens is 3. The first-order valence-electron chi connectivity index (χ1n) is 5.19. The van der Waals surface area contributed by atoms with Gasteiger partial charge in [-0.3, -0.25) is 5.84 Å². The fraction of sp³-hybridized carbons (Fsp3) is 0.167. The number of thiophene rings is 1. The number of nitrogens with two attached hydrogens (primary N) is 1. The Balaban J connectivity index is 2.56. The molecule has 6 heteroatoms. The third-order valence-corrected chi connectivity index (χ3v) is 3.57. The topological polar surface area (TPSA) is 38.0 Å². The van der Waals surface area contributed by atoms with Crippen LogP contribution in [0, 0.1) is 24.4 Å². The normalized spacial score (nSPS) is 12.7. The zero-order valence-electron chi connectivity index (χ0n) is 9.51. The van der Waals surface area contributed by atoms with Gasteiger partial charge in [-0.25, -0.2) is 18.6 Å². The lowest BCUT2D eigenvalue weighted by Crippen LogP contribution is -2.30. The molecule has 0 bridgehead atoms. The molecule has 0 aliphatic heterocycles. The van der Waals surface area contributed by atoms with Gasteiger partial charge in [-0.1, -0.05) is 0 Å². The maximum absolute atomic E-state index is 13.7. The molecule has 1 atom stereocenters. The summed E-state index contributed by atoms with van der Waals surface area (Å²) in [6.07, 6.45) is 0. The molecule has 18 heavy (non-hydrogen) atoms. The molecule has 2 aromatic rings. The third-order valence-electron chi connectivity index (χ3n) is 2.71. The summed E-state index contributed by atoms with van der Waals surface area (Å²) in [4.78, 5) is 0.890. The zero-order chi connectivity index (χ0) is 13.3. The molecule has 0 aliphatic carbocycles. The van der Waals surface area contributed by atoms with Crippen molar-refractivity contribution in [2.24, 2.45) is 5.84 Å². The van der Waals surface area contributed by atoms with Gasteiger partial charge in [-0.05, 0) is 23.9 Å². The van der Waals surface area contributed by atoms with Crippen molar-refractivity contribution in [2.75, 3.05) is 0 Å². The maximum atomic E-state index is 13.7. The van der Waals surface area contributed by atoms with Gasteiger partial charge in [0.25, 0.3) is 0 Å². The van der Waals surface area contributed by atoms with E-state index in [1.165, 1.54) is 11.3 Å². The molecule has 2 nitrogen and oxygen atoms in total. The largest absolute Gasteiger partial charge is 0.271 e. The van der Waals surface area contributed by atoms with E-state index >= 15 is 0 Å². The van der Waals surface area contributed by atoms with Crippen molar-refractivity contribution in [1.29, 1.82) is 0 Å². The summed E-state index contributed by atoms with van der Waals surface area (Å²) in [5.41, 5.74) is 2.76. The van der Waals surface area contributed by atoms with Crippen LogP contribution in [0.25, 0.3) is 0 Å². The average Bonchev–Trinajstić information content (AvgIpc) is 2.69. The molecule has 1 heterocycles. The Hall–Kier alpha value is -1.37. The van der Waals surface area contributed by atoms with E-state index in [0.29, 0.717) is 17.7 Å². The van der Waals surface area contributed by atoms with Crippen LogP contribution in [0.2, 0.25) is 0 Å². The molecule has 96 valence electrons. The third kappa shape index (κ3) is 2.27. The van der Waals surface area contributed by atoms with Crippen LogP contribution in [0.5, 0.6) is 0 Å². The monoisotopic (exact) mass is 272 g/mol. The van der Waals surface area contributed by atoms with Crippen molar-refractivity contribution < 1.29 is 13.2 Å². The average molecular weight is 272 g/mol. The van der Waals surface area contributed by atoms with Crippen LogP contribution in [0.3, 0.4) is 0 Å². The highest BCUT2D eigenvalue weighted by atomic mass is 32.1. The maximum Gasteiger partial charge on any atom is 0.134 e. The molecule has 1 aromatic heterocycles. The van der Waals surface area contributed by atoms with Crippen molar-refractivity contribution in [3.63, 3.8) is 0 Å². The van der Waals surface area contributed by atoms with Crippen LogP contribution in [0.4, 0.5) is 13.2 Å². The minimum absolute atomic E-state index is 0.277. The van der Waals surface area contributed by atoms with E-state index in [4.69, 9.17) is 5.84 Å². The van der Waals surface area contributed by atoms with Gasteiger partial charge < -0.3 is 0 Å². The minimum Gasteiger partial charge on any atom is -0.271 e. The standard InChI is InChI=1S/C12H11F3N2S/c1-6-8(2-3-18-6)12(17-16)11-9(14)4-7(13)5-10(11)15/h2-5,12,17H,16H2,1H3. The Kier molecular flexibility index (Phi) is 3.70. The van der Waals surface area contributed by atoms with Gasteiger partial charge in [0.15, 0.2) is 0 Å². The van der Waals surface area contributed by atoms with Crippen LogP contribution in [0.15, 0.2) is 23.6 Å². The molecule has 1 aromatic carbocycles. The van der Waals surface area contributed by atoms with Crippen LogP contribution < -0.4 is 11.3 Å². The Labute approximate surface area is 106 Å². The predicted molar refractivity (Wildman–Crippen MR) is 64.5 cm³/mol. The first kappa shape index (κ1) is 13.1. The van der Waals surface area contributed by atoms with Gasteiger partial charge in [0, 0.05) is 22.6 Å². The smallest absolute Gasteiger partial charge is 0.134 e. The fourth-order valence-electron chi connectivity index (χ4n) is 1.85. The number of benzene rings is 1. The number of nitrogens with one attached hydrogen (secondary N) is 1. The summed E-state index contributed by atoms with van der Waals surface area (Å²) >= 11 is 1.44. The van der Waals surface area contributed by atoms with Gasteiger partial charge in [-0.2, -0.15) is 0 Å². The lowest BCUT2D eigenvalue weighted by molar-refractivity contribution is 0.492. The fourth-order valence-corrected chi connectivity index (χ4v) is 2.59. The van der Waals surface area contributed by atoms with E-state index in [2.05, 4.69) is 5.43 Å². The highest BCUT2D eigenvalue weighted by molar-refractivity contribution is 7.10. The molecule has 0 amide bonds.